The highest BCUT2D eigenvalue weighted by molar-refractivity contribution is 5.79. The van der Waals surface area contributed by atoms with Crippen molar-refractivity contribution in [2.45, 2.75) is 26.3 Å². The second kappa shape index (κ2) is 5.90. The van der Waals surface area contributed by atoms with E-state index in [0.29, 0.717) is 12.3 Å². The van der Waals surface area contributed by atoms with E-state index in [1.807, 2.05) is 13.8 Å². The number of hydrogen-bond donors (Lipinski definition) is 1. The maximum absolute atomic E-state index is 11.4. The first kappa shape index (κ1) is 12.3. The number of amides is 1. The van der Waals surface area contributed by atoms with Crippen LogP contribution < -0.4 is 5.73 Å². The molecule has 5 heteroatoms. The third kappa shape index (κ3) is 4.21. The predicted octanol–water partition coefficient (Wildman–Crippen LogP) is 0.311. The summed E-state index contributed by atoms with van der Waals surface area (Å²) < 4.78 is 0. The summed E-state index contributed by atoms with van der Waals surface area (Å²) in [6.07, 6.45) is 0.613. The lowest BCUT2D eigenvalue weighted by Crippen LogP contribution is -2.43. The fourth-order valence-corrected chi connectivity index (χ4v) is 0.999. The van der Waals surface area contributed by atoms with Crippen LogP contribution in [0.1, 0.15) is 20.3 Å². The quantitative estimate of drug-likeness (QED) is 0.634. The van der Waals surface area contributed by atoms with Crippen LogP contribution in [0.2, 0.25) is 0 Å². The molecule has 0 aliphatic rings. The molecule has 0 bridgehead atoms. The van der Waals surface area contributed by atoms with E-state index in [0.717, 1.165) is 5.23 Å². The smallest absolute Gasteiger partial charge is 0.290 e. The van der Waals surface area contributed by atoms with Gasteiger partial charge in [-0.2, -0.15) is 0 Å². The molecular weight excluding hydrogens is 172 g/mol. The van der Waals surface area contributed by atoms with E-state index < -0.39 is 6.04 Å². The summed E-state index contributed by atoms with van der Waals surface area (Å²) >= 11 is 0. The van der Waals surface area contributed by atoms with Crippen molar-refractivity contribution >= 4 is 5.91 Å². The standard InChI is InChI=1S/C8H18N2O3/c1-6(2)5-7(9)8(11)10(12-3)13-4/h6-7H,5,9H2,1-4H3/t7-/m0/s1. The lowest BCUT2D eigenvalue weighted by molar-refractivity contribution is -0.318. The molecule has 0 saturated heterocycles. The fourth-order valence-electron chi connectivity index (χ4n) is 0.999. The Morgan fingerprint density at radius 2 is 1.85 bits per heavy atom. The van der Waals surface area contributed by atoms with Crippen LogP contribution in [0, 0.1) is 5.92 Å². The zero-order valence-electron chi connectivity index (χ0n) is 8.61. The van der Waals surface area contributed by atoms with Crippen LogP contribution in [0.15, 0.2) is 0 Å². The van der Waals surface area contributed by atoms with E-state index in [1.54, 1.807) is 0 Å². The third-order valence-electron chi connectivity index (χ3n) is 1.55. The van der Waals surface area contributed by atoms with Gasteiger partial charge in [-0.25, -0.2) is 9.68 Å². The summed E-state index contributed by atoms with van der Waals surface area (Å²) in [5.74, 6) is 0.00760. The van der Waals surface area contributed by atoms with E-state index >= 15 is 0 Å². The normalized spacial score (nSPS) is 13.1. The van der Waals surface area contributed by atoms with Crippen molar-refractivity contribution in [2.24, 2.45) is 11.7 Å². The average molecular weight is 190 g/mol. The molecule has 0 aromatic rings. The van der Waals surface area contributed by atoms with Gasteiger partial charge in [-0.3, -0.25) is 4.79 Å². The molecule has 78 valence electrons. The van der Waals surface area contributed by atoms with Gasteiger partial charge in [-0.15, -0.1) is 0 Å². The summed E-state index contributed by atoms with van der Waals surface area (Å²) in [4.78, 5) is 20.7. The molecule has 0 aliphatic carbocycles. The second-order valence-corrected chi connectivity index (χ2v) is 3.20. The molecule has 13 heavy (non-hydrogen) atoms. The van der Waals surface area contributed by atoms with Gasteiger partial charge in [0.1, 0.15) is 0 Å². The molecule has 0 radical (unpaired) electrons. The van der Waals surface area contributed by atoms with Crippen molar-refractivity contribution < 1.29 is 14.5 Å². The topological polar surface area (TPSA) is 64.8 Å². The summed E-state index contributed by atoms with van der Waals surface area (Å²) in [6.45, 7) is 3.99. The highest BCUT2D eigenvalue weighted by Crippen LogP contribution is 2.05. The van der Waals surface area contributed by atoms with Crippen LogP contribution in [0.5, 0.6) is 0 Å². The SMILES string of the molecule is CON(OC)C(=O)[C@@H](N)CC(C)C. The van der Waals surface area contributed by atoms with Crippen molar-refractivity contribution in [2.75, 3.05) is 14.2 Å². The number of hydroxylamine groups is 2. The number of carbonyl (C=O) groups is 1. The van der Waals surface area contributed by atoms with Gasteiger partial charge >= 0.3 is 0 Å². The lowest BCUT2D eigenvalue weighted by Gasteiger charge is -2.20. The predicted molar refractivity (Wildman–Crippen MR) is 48.3 cm³/mol. The first-order chi connectivity index (χ1) is 6.02. The molecule has 1 atom stereocenters. The lowest BCUT2D eigenvalue weighted by atomic mass is 10.0. The summed E-state index contributed by atoms with van der Waals surface area (Å²) in [6, 6.07) is -0.570. The number of carbonyl (C=O) groups excluding carboxylic acids is 1. The molecule has 0 spiro atoms. The molecule has 0 unspecified atom stereocenters. The Hall–Kier alpha value is -0.650. The Morgan fingerprint density at radius 1 is 1.38 bits per heavy atom. The van der Waals surface area contributed by atoms with Gasteiger partial charge in [0, 0.05) is 0 Å². The Labute approximate surface area is 78.7 Å². The van der Waals surface area contributed by atoms with Crippen LogP contribution >= 0.6 is 0 Å². The minimum atomic E-state index is -0.570. The van der Waals surface area contributed by atoms with Crippen LogP contribution in [-0.4, -0.2) is 31.4 Å². The molecule has 0 aromatic carbocycles. The molecule has 0 aromatic heterocycles. The molecular formula is C8H18N2O3. The zero-order valence-corrected chi connectivity index (χ0v) is 8.61. The average Bonchev–Trinajstić information content (AvgIpc) is 2.05. The van der Waals surface area contributed by atoms with Gasteiger partial charge in [0.2, 0.25) is 0 Å². The monoisotopic (exact) mass is 190 g/mol. The van der Waals surface area contributed by atoms with Crippen molar-refractivity contribution in [1.82, 2.24) is 5.23 Å². The number of hydrogen-bond acceptors (Lipinski definition) is 4. The van der Waals surface area contributed by atoms with Crippen LogP contribution in [0.3, 0.4) is 0 Å². The maximum Gasteiger partial charge on any atom is 0.290 e. The second-order valence-electron chi connectivity index (χ2n) is 3.20. The van der Waals surface area contributed by atoms with Gasteiger partial charge in [0.05, 0.1) is 20.3 Å². The number of rotatable bonds is 5. The highest BCUT2D eigenvalue weighted by atomic mass is 16.9. The molecule has 1 amide bonds. The van der Waals surface area contributed by atoms with Gasteiger partial charge in [0.15, 0.2) is 0 Å². The molecule has 0 rings (SSSR count). The van der Waals surface area contributed by atoms with Gasteiger partial charge in [-0.1, -0.05) is 19.1 Å². The van der Waals surface area contributed by atoms with Gasteiger partial charge in [0.25, 0.3) is 5.91 Å². The summed E-state index contributed by atoms with van der Waals surface area (Å²) in [5, 5.41) is 0.785. The molecule has 0 aliphatic heterocycles. The number of nitrogens with two attached hydrogens (primary N) is 1. The Kier molecular flexibility index (Phi) is 5.61. The van der Waals surface area contributed by atoms with Gasteiger partial charge < -0.3 is 5.73 Å². The third-order valence-corrected chi connectivity index (χ3v) is 1.55. The van der Waals surface area contributed by atoms with Crippen molar-refractivity contribution in [1.29, 1.82) is 0 Å². The van der Waals surface area contributed by atoms with E-state index in [4.69, 9.17) is 5.73 Å². The van der Waals surface area contributed by atoms with Crippen molar-refractivity contribution in [3.05, 3.63) is 0 Å². The zero-order chi connectivity index (χ0) is 10.4. The molecule has 0 fully saturated rings. The molecule has 0 saturated carbocycles. The van der Waals surface area contributed by atoms with Crippen molar-refractivity contribution in [3.8, 4) is 0 Å². The Morgan fingerprint density at radius 3 is 2.15 bits per heavy atom. The summed E-state index contributed by atoms with van der Waals surface area (Å²) in [7, 11) is 2.70. The van der Waals surface area contributed by atoms with E-state index in [9.17, 15) is 4.79 Å². The van der Waals surface area contributed by atoms with Crippen LogP contribution in [0.4, 0.5) is 0 Å². The largest absolute Gasteiger partial charge is 0.320 e. The minimum absolute atomic E-state index is 0.362. The fraction of sp³-hybridized carbons (Fsp3) is 0.875. The molecule has 5 nitrogen and oxygen atoms in total. The van der Waals surface area contributed by atoms with Crippen LogP contribution in [-0.2, 0) is 14.5 Å². The van der Waals surface area contributed by atoms with E-state index in [1.165, 1.54) is 14.2 Å². The molecule has 0 heterocycles. The maximum atomic E-state index is 11.4. The molecule has 2 N–H and O–H groups in total. The number of nitrogens with zero attached hydrogens (tertiary/aromatic N) is 1. The Bertz CT molecular complexity index is 157. The summed E-state index contributed by atoms with van der Waals surface area (Å²) in [5.41, 5.74) is 5.62. The minimum Gasteiger partial charge on any atom is -0.320 e. The van der Waals surface area contributed by atoms with E-state index in [2.05, 4.69) is 9.68 Å². The Balaban J connectivity index is 4.07. The van der Waals surface area contributed by atoms with Crippen molar-refractivity contribution in [3.63, 3.8) is 0 Å². The van der Waals surface area contributed by atoms with Gasteiger partial charge in [-0.05, 0) is 12.3 Å². The first-order valence-electron chi connectivity index (χ1n) is 4.20. The highest BCUT2D eigenvalue weighted by Gasteiger charge is 2.22. The van der Waals surface area contributed by atoms with E-state index in [-0.39, 0.29) is 5.91 Å². The van der Waals surface area contributed by atoms with Crippen LogP contribution in [0.25, 0.3) is 0 Å². The first-order valence-corrected chi connectivity index (χ1v) is 4.20.